The van der Waals surface area contributed by atoms with Gasteiger partial charge in [0.15, 0.2) is 0 Å². The highest BCUT2D eigenvalue weighted by Crippen LogP contribution is 2.45. The maximum absolute atomic E-state index is 6.66. The molecule has 45 heavy (non-hydrogen) atoms. The number of hydrogen-bond donors (Lipinski definition) is 0. The normalized spacial score (nSPS) is 12.8. The van der Waals surface area contributed by atoms with Crippen molar-refractivity contribution >= 4 is 55.4 Å². The minimum absolute atomic E-state index is 0.0597. The lowest BCUT2D eigenvalue weighted by molar-refractivity contribution is 0.465. The molecule has 0 N–H and O–H groups in total. The highest BCUT2D eigenvalue weighted by atomic mass is 16.5. The summed E-state index contributed by atoms with van der Waals surface area (Å²) in [6.07, 6.45) is 0. The van der Waals surface area contributed by atoms with E-state index in [4.69, 9.17) is 9.47 Å². The van der Waals surface area contributed by atoms with Crippen molar-refractivity contribution in [1.29, 1.82) is 0 Å². The Morgan fingerprint density at radius 1 is 0.378 bits per heavy atom. The zero-order valence-electron chi connectivity index (χ0n) is 24.3. The topological polar surface area (TPSA) is 18.5 Å². The largest absolute Gasteiger partial charge is 0.458 e. The van der Waals surface area contributed by atoms with E-state index >= 15 is 0 Å². The summed E-state index contributed by atoms with van der Waals surface area (Å²) in [5, 5.41) is 7.49. The maximum atomic E-state index is 6.66. The van der Waals surface area contributed by atoms with Gasteiger partial charge < -0.3 is 9.47 Å². The molecular weight excluding hydrogens is 547 g/mol. The highest BCUT2D eigenvalue weighted by molar-refractivity contribution is 6.98. The fourth-order valence-corrected chi connectivity index (χ4v) is 7.61. The van der Waals surface area contributed by atoms with E-state index in [-0.39, 0.29) is 6.71 Å². The summed E-state index contributed by atoms with van der Waals surface area (Å²) in [6, 6.07) is 54.2. The summed E-state index contributed by atoms with van der Waals surface area (Å²) in [5.41, 5.74) is 8.07. The van der Waals surface area contributed by atoms with Gasteiger partial charge in [-0.05, 0) is 95.8 Å². The minimum Gasteiger partial charge on any atom is -0.458 e. The van der Waals surface area contributed by atoms with E-state index in [1.807, 2.05) is 12.1 Å². The molecule has 10 rings (SSSR count). The summed E-state index contributed by atoms with van der Waals surface area (Å²) in [6.45, 7) is 0.0597. The van der Waals surface area contributed by atoms with Gasteiger partial charge in [-0.3, -0.25) is 0 Å². The molecule has 8 aromatic rings. The Balaban J connectivity index is 1.25. The Kier molecular flexibility index (Phi) is 5.12. The predicted molar refractivity (Wildman–Crippen MR) is 188 cm³/mol. The molecule has 0 unspecified atom stereocenters. The smallest absolute Gasteiger partial charge is 0.260 e. The third kappa shape index (κ3) is 3.58. The van der Waals surface area contributed by atoms with Crippen LogP contribution in [0.5, 0.6) is 23.0 Å². The van der Waals surface area contributed by atoms with Crippen molar-refractivity contribution in [2.24, 2.45) is 0 Å². The number of ether oxygens (including phenoxy) is 2. The molecule has 0 radical (unpaired) electrons. The van der Waals surface area contributed by atoms with Gasteiger partial charge in [-0.2, -0.15) is 0 Å². The number of hydrogen-bond acceptors (Lipinski definition) is 2. The standard InChI is InChI=1S/C42H25BO2/c1-3-13-29-26(11-1)21-22-33-34(29)23-27-12-2-4-15-31(27)41(33)32-16-6-5-14-30(32)28-24-39-42-40(25-28)45-38-20-10-8-18-36(38)43(42)35-17-7-9-19-37(35)44-39/h1-25H. The summed E-state index contributed by atoms with van der Waals surface area (Å²) in [4.78, 5) is 0. The van der Waals surface area contributed by atoms with E-state index in [0.29, 0.717) is 0 Å². The molecule has 0 amide bonds. The summed E-state index contributed by atoms with van der Waals surface area (Å²) in [7, 11) is 0. The first-order valence-corrected chi connectivity index (χ1v) is 15.5. The van der Waals surface area contributed by atoms with E-state index in [1.165, 1.54) is 54.4 Å². The summed E-state index contributed by atoms with van der Waals surface area (Å²) >= 11 is 0. The van der Waals surface area contributed by atoms with Crippen LogP contribution in [0.25, 0.3) is 54.6 Å². The maximum Gasteiger partial charge on any atom is 0.260 e. The van der Waals surface area contributed by atoms with Gasteiger partial charge in [0.1, 0.15) is 23.0 Å². The van der Waals surface area contributed by atoms with Gasteiger partial charge in [-0.15, -0.1) is 0 Å². The van der Waals surface area contributed by atoms with E-state index in [0.717, 1.165) is 39.6 Å². The number of benzene rings is 8. The van der Waals surface area contributed by atoms with Crippen molar-refractivity contribution in [3.05, 3.63) is 152 Å². The van der Waals surface area contributed by atoms with Crippen LogP contribution in [0.3, 0.4) is 0 Å². The van der Waals surface area contributed by atoms with Gasteiger partial charge in [0, 0.05) is 5.46 Å². The van der Waals surface area contributed by atoms with Crippen molar-refractivity contribution in [3.63, 3.8) is 0 Å². The lowest BCUT2D eigenvalue weighted by Crippen LogP contribution is -2.57. The SMILES string of the molecule is c1ccc2c(c1)Oc1cc(-c3ccccc3-c3c4ccccc4cc4c3ccc3ccccc34)cc3c1B2c1ccccc1O3. The average molecular weight is 572 g/mol. The molecule has 2 aliphatic heterocycles. The molecular formula is C42H25BO2. The van der Waals surface area contributed by atoms with E-state index in [1.54, 1.807) is 0 Å². The first kappa shape index (κ1) is 24.6. The van der Waals surface area contributed by atoms with Gasteiger partial charge in [0.05, 0.1) is 0 Å². The molecule has 0 saturated carbocycles. The summed E-state index contributed by atoms with van der Waals surface area (Å²) in [5.74, 6) is 3.50. The van der Waals surface area contributed by atoms with Crippen LogP contribution in [0.15, 0.2) is 152 Å². The van der Waals surface area contributed by atoms with Crippen LogP contribution in [0.2, 0.25) is 0 Å². The van der Waals surface area contributed by atoms with Gasteiger partial charge >= 0.3 is 0 Å². The third-order valence-corrected chi connectivity index (χ3v) is 9.57. The molecule has 208 valence electrons. The Labute approximate surface area is 261 Å². The highest BCUT2D eigenvalue weighted by Gasteiger charge is 2.40. The first-order valence-electron chi connectivity index (χ1n) is 15.5. The Bertz CT molecular complexity index is 2440. The van der Waals surface area contributed by atoms with E-state index in [2.05, 4.69) is 140 Å². The van der Waals surface area contributed by atoms with Crippen molar-refractivity contribution in [1.82, 2.24) is 0 Å². The molecule has 0 bridgehead atoms. The van der Waals surface area contributed by atoms with Crippen LogP contribution in [0.1, 0.15) is 0 Å². The molecule has 0 spiro atoms. The Hall–Kier alpha value is -5.80. The van der Waals surface area contributed by atoms with Crippen LogP contribution in [0, 0.1) is 0 Å². The molecule has 3 heteroatoms. The van der Waals surface area contributed by atoms with Crippen LogP contribution in [-0.4, -0.2) is 6.71 Å². The zero-order chi connectivity index (χ0) is 29.5. The van der Waals surface area contributed by atoms with Crippen molar-refractivity contribution in [2.75, 3.05) is 0 Å². The lowest BCUT2D eigenvalue weighted by Gasteiger charge is -2.33. The van der Waals surface area contributed by atoms with Crippen LogP contribution in [-0.2, 0) is 0 Å². The fourth-order valence-electron chi connectivity index (χ4n) is 7.61. The minimum atomic E-state index is 0.0597. The Morgan fingerprint density at radius 2 is 0.956 bits per heavy atom. The molecule has 0 atom stereocenters. The van der Waals surface area contributed by atoms with Crippen LogP contribution >= 0.6 is 0 Å². The van der Waals surface area contributed by atoms with E-state index in [9.17, 15) is 0 Å². The second-order valence-corrected chi connectivity index (χ2v) is 12.0. The second-order valence-electron chi connectivity index (χ2n) is 12.0. The molecule has 8 aromatic carbocycles. The molecule has 2 aliphatic rings. The number of fused-ring (bicyclic) bond motifs is 8. The van der Waals surface area contributed by atoms with Crippen molar-refractivity contribution in [3.8, 4) is 45.3 Å². The van der Waals surface area contributed by atoms with Crippen LogP contribution in [0.4, 0.5) is 0 Å². The van der Waals surface area contributed by atoms with Gasteiger partial charge in [-0.25, -0.2) is 0 Å². The number of para-hydroxylation sites is 2. The first-order chi connectivity index (χ1) is 22.3. The molecule has 0 saturated heterocycles. The van der Waals surface area contributed by atoms with Gasteiger partial charge in [0.25, 0.3) is 6.71 Å². The number of rotatable bonds is 2. The fraction of sp³-hybridized carbons (Fsp3) is 0. The Morgan fingerprint density at radius 3 is 1.69 bits per heavy atom. The van der Waals surface area contributed by atoms with Crippen LogP contribution < -0.4 is 25.9 Å². The van der Waals surface area contributed by atoms with Crippen molar-refractivity contribution < 1.29 is 9.47 Å². The molecule has 0 aliphatic carbocycles. The molecule has 2 heterocycles. The van der Waals surface area contributed by atoms with E-state index < -0.39 is 0 Å². The second kappa shape index (κ2) is 9.35. The monoisotopic (exact) mass is 572 g/mol. The zero-order valence-corrected chi connectivity index (χ0v) is 24.3. The van der Waals surface area contributed by atoms with Gasteiger partial charge in [0.2, 0.25) is 0 Å². The molecule has 0 aromatic heterocycles. The third-order valence-electron chi connectivity index (χ3n) is 9.57. The lowest BCUT2D eigenvalue weighted by atomic mass is 9.35. The molecule has 2 nitrogen and oxygen atoms in total. The summed E-state index contributed by atoms with van der Waals surface area (Å²) < 4.78 is 13.3. The predicted octanol–water partition coefficient (Wildman–Crippen LogP) is 9.21. The quantitative estimate of drug-likeness (QED) is 0.117. The van der Waals surface area contributed by atoms with Crippen molar-refractivity contribution in [2.45, 2.75) is 0 Å². The average Bonchev–Trinajstić information content (AvgIpc) is 3.10. The molecule has 0 fully saturated rings. The van der Waals surface area contributed by atoms with Gasteiger partial charge in [-0.1, -0.05) is 121 Å².